The monoisotopic (exact) mass is 440 g/mol. The van der Waals surface area contributed by atoms with E-state index in [1.807, 2.05) is 41.3 Å². The molecule has 166 valence electrons. The van der Waals surface area contributed by atoms with Crippen molar-refractivity contribution in [1.82, 2.24) is 9.88 Å². The lowest BCUT2D eigenvalue weighted by Crippen LogP contribution is -2.40. The summed E-state index contributed by atoms with van der Waals surface area (Å²) in [4.78, 5) is 31.2. The molecule has 1 atom stereocenters. The van der Waals surface area contributed by atoms with Gasteiger partial charge < -0.3 is 19.4 Å². The number of H-pyrrole nitrogens is 1. The number of hydrogen-bond acceptors (Lipinski definition) is 4. The number of fused-ring (bicyclic) bond motifs is 3. The van der Waals surface area contributed by atoms with E-state index in [2.05, 4.69) is 17.1 Å². The molecule has 5 rings (SSSR count). The molecule has 1 aliphatic heterocycles. The molecule has 33 heavy (non-hydrogen) atoms. The van der Waals surface area contributed by atoms with E-state index >= 15 is 0 Å². The number of para-hydroxylation sites is 1. The van der Waals surface area contributed by atoms with E-state index < -0.39 is 5.97 Å². The molecule has 1 aromatic heterocycles. The summed E-state index contributed by atoms with van der Waals surface area (Å²) in [5.41, 5.74) is 5.05. The number of nitrogens with zero attached hydrogens (tertiary/aromatic N) is 1. The molecule has 0 fully saturated rings. The van der Waals surface area contributed by atoms with Crippen molar-refractivity contribution in [2.45, 2.75) is 12.5 Å². The fourth-order valence-corrected chi connectivity index (χ4v) is 4.68. The van der Waals surface area contributed by atoms with Crippen LogP contribution in [0.25, 0.3) is 10.9 Å². The van der Waals surface area contributed by atoms with E-state index in [4.69, 9.17) is 9.47 Å². The van der Waals surface area contributed by atoms with Gasteiger partial charge in [0.15, 0.2) is 0 Å². The lowest BCUT2D eigenvalue weighted by molar-refractivity contribution is 0.0600. The molecule has 3 aromatic carbocycles. The summed E-state index contributed by atoms with van der Waals surface area (Å²) < 4.78 is 10.3. The number of methoxy groups -OCH3 is 2. The summed E-state index contributed by atoms with van der Waals surface area (Å²) in [5, 5.41) is 1.18. The number of ether oxygens (including phenoxy) is 2. The molecule has 1 amide bonds. The first-order valence-electron chi connectivity index (χ1n) is 10.8. The molecule has 1 unspecified atom stereocenters. The van der Waals surface area contributed by atoms with Gasteiger partial charge in [-0.3, -0.25) is 4.79 Å². The van der Waals surface area contributed by atoms with Crippen LogP contribution in [0, 0.1) is 0 Å². The second-order valence-electron chi connectivity index (χ2n) is 8.06. The first kappa shape index (κ1) is 20.8. The number of esters is 1. The van der Waals surface area contributed by atoms with Crippen LogP contribution in [0.2, 0.25) is 0 Å². The molecule has 0 radical (unpaired) electrons. The minimum Gasteiger partial charge on any atom is -0.497 e. The van der Waals surface area contributed by atoms with E-state index in [0.717, 1.165) is 28.9 Å². The largest absolute Gasteiger partial charge is 0.497 e. The average molecular weight is 440 g/mol. The Morgan fingerprint density at radius 3 is 2.55 bits per heavy atom. The van der Waals surface area contributed by atoms with E-state index in [-0.39, 0.29) is 11.9 Å². The molecule has 1 aliphatic rings. The van der Waals surface area contributed by atoms with Gasteiger partial charge in [0.2, 0.25) is 0 Å². The molecule has 0 saturated carbocycles. The fraction of sp³-hybridized carbons (Fsp3) is 0.185. The van der Waals surface area contributed by atoms with Gasteiger partial charge in [-0.05, 0) is 53.9 Å². The van der Waals surface area contributed by atoms with Gasteiger partial charge in [0.25, 0.3) is 5.91 Å². The fourth-order valence-electron chi connectivity index (χ4n) is 4.68. The Bertz CT molecular complexity index is 1360. The highest BCUT2D eigenvalue weighted by Crippen LogP contribution is 2.39. The summed E-state index contributed by atoms with van der Waals surface area (Å²) in [7, 11) is 2.97. The summed E-state index contributed by atoms with van der Waals surface area (Å²) >= 11 is 0. The Labute approximate surface area is 191 Å². The minimum atomic E-state index is -0.467. The highest BCUT2D eigenvalue weighted by atomic mass is 16.5. The third-order valence-corrected chi connectivity index (χ3v) is 6.24. The van der Waals surface area contributed by atoms with Crippen LogP contribution in [-0.2, 0) is 11.2 Å². The lowest BCUT2D eigenvalue weighted by atomic mass is 9.91. The first-order valence-corrected chi connectivity index (χ1v) is 10.8. The maximum atomic E-state index is 13.8. The number of aromatic nitrogens is 1. The number of rotatable bonds is 4. The quantitative estimate of drug-likeness (QED) is 0.465. The van der Waals surface area contributed by atoms with Crippen molar-refractivity contribution in [3.8, 4) is 5.75 Å². The van der Waals surface area contributed by atoms with Crippen molar-refractivity contribution in [3.63, 3.8) is 0 Å². The Morgan fingerprint density at radius 2 is 1.73 bits per heavy atom. The van der Waals surface area contributed by atoms with Crippen LogP contribution in [-0.4, -0.2) is 42.5 Å². The van der Waals surface area contributed by atoms with E-state index in [1.165, 1.54) is 18.1 Å². The molecule has 2 heterocycles. The lowest BCUT2D eigenvalue weighted by Gasteiger charge is -2.36. The molecular formula is C27H24N2O4. The average Bonchev–Trinajstić information content (AvgIpc) is 3.26. The van der Waals surface area contributed by atoms with Crippen molar-refractivity contribution < 1.29 is 19.1 Å². The van der Waals surface area contributed by atoms with E-state index in [0.29, 0.717) is 17.7 Å². The molecular weight excluding hydrogens is 416 g/mol. The maximum absolute atomic E-state index is 13.8. The van der Waals surface area contributed by atoms with E-state index in [9.17, 15) is 9.59 Å². The van der Waals surface area contributed by atoms with Crippen molar-refractivity contribution in [2.75, 3.05) is 20.8 Å². The van der Waals surface area contributed by atoms with Gasteiger partial charge in [0, 0.05) is 28.7 Å². The zero-order valence-electron chi connectivity index (χ0n) is 18.5. The molecule has 0 aliphatic carbocycles. The maximum Gasteiger partial charge on any atom is 0.337 e. The van der Waals surface area contributed by atoms with Gasteiger partial charge in [-0.1, -0.05) is 36.4 Å². The van der Waals surface area contributed by atoms with Gasteiger partial charge in [0.05, 0.1) is 25.8 Å². The topological polar surface area (TPSA) is 71.6 Å². The van der Waals surface area contributed by atoms with Crippen LogP contribution in [0.4, 0.5) is 0 Å². The standard InChI is InChI=1S/C27H24N2O4/c1-32-20-10-6-7-17(16-20)25-24-22(21-11-3-4-12-23(21)28-24)13-14-29(25)26(30)18-8-5-9-19(15-18)27(31)33-2/h3-12,15-16,25,28H,13-14H2,1-2H3. The summed E-state index contributed by atoms with van der Waals surface area (Å²) in [6.45, 7) is 0.554. The molecule has 6 nitrogen and oxygen atoms in total. The number of carbonyl (C=O) groups is 2. The first-order chi connectivity index (χ1) is 16.1. The highest BCUT2D eigenvalue weighted by molar-refractivity contribution is 5.98. The van der Waals surface area contributed by atoms with E-state index in [1.54, 1.807) is 31.4 Å². The van der Waals surface area contributed by atoms with Crippen LogP contribution in [0.5, 0.6) is 5.75 Å². The summed E-state index contributed by atoms with van der Waals surface area (Å²) in [6, 6.07) is 22.4. The predicted molar refractivity (Wildman–Crippen MR) is 126 cm³/mol. The molecule has 0 saturated heterocycles. The molecule has 6 heteroatoms. The number of aromatic amines is 1. The normalized spacial score (nSPS) is 15.2. The van der Waals surface area contributed by atoms with Crippen molar-refractivity contribution >= 4 is 22.8 Å². The van der Waals surface area contributed by atoms with Crippen LogP contribution in [0.3, 0.4) is 0 Å². The molecule has 0 spiro atoms. The molecule has 1 N–H and O–H groups in total. The Kier molecular flexibility index (Phi) is 5.34. The molecule has 0 bridgehead atoms. The van der Waals surface area contributed by atoms with Crippen LogP contribution in [0.1, 0.15) is 43.6 Å². The number of hydrogen-bond donors (Lipinski definition) is 1. The minimum absolute atomic E-state index is 0.141. The number of carbonyl (C=O) groups excluding carboxylic acids is 2. The van der Waals surface area contributed by atoms with Gasteiger partial charge in [0.1, 0.15) is 5.75 Å². The zero-order valence-corrected chi connectivity index (χ0v) is 18.5. The Hall–Kier alpha value is -4.06. The summed E-state index contributed by atoms with van der Waals surface area (Å²) in [6.07, 6.45) is 0.738. The second kappa shape index (κ2) is 8.47. The van der Waals surface area contributed by atoms with Gasteiger partial charge >= 0.3 is 5.97 Å². The number of nitrogens with one attached hydrogen (secondary N) is 1. The zero-order chi connectivity index (χ0) is 22.9. The third-order valence-electron chi connectivity index (χ3n) is 6.24. The second-order valence-corrected chi connectivity index (χ2v) is 8.06. The predicted octanol–water partition coefficient (Wildman–Crippen LogP) is 4.75. The van der Waals surface area contributed by atoms with Crippen LogP contribution >= 0.6 is 0 Å². The van der Waals surface area contributed by atoms with Gasteiger partial charge in [-0.15, -0.1) is 0 Å². The van der Waals surface area contributed by atoms with Crippen molar-refractivity contribution in [3.05, 3.63) is 101 Å². The number of benzene rings is 3. The third kappa shape index (κ3) is 3.63. The van der Waals surface area contributed by atoms with Crippen LogP contribution in [0.15, 0.2) is 72.8 Å². The highest BCUT2D eigenvalue weighted by Gasteiger charge is 2.35. The van der Waals surface area contributed by atoms with Gasteiger partial charge in [-0.25, -0.2) is 4.79 Å². The smallest absolute Gasteiger partial charge is 0.337 e. The number of amides is 1. The summed E-state index contributed by atoms with van der Waals surface area (Å²) in [5.74, 6) is 0.124. The SMILES string of the molecule is COC(=O)c1cccc(C(=O)N2CCc3c([nH]c4ccccc34)C2c2cccc(OC)c2)c1. The van der Waals surface area contributed by atoms with Crippen LogP contribution < -0.4 is 4.74 Å². The Balaban J connectivity index is 1.63. The molecule has 4 aromatic rings. The van der Waals surface area contributed by atoms with Gasteiger partial charge in [-0.2, -0.15) is 0 Å². The van der Waals surface area contributed by atoms with Crippen molar-refractivity contribution in [1.29, 1.82) is 0 Å². The Morgan fingerprint density at radius 1 is 0.939 bits per heavy atom. The van der Waals surface area contributed by atoms with Crippen molar-refractivity contribution in [2.24, 2.45) is 0 Å².